The molecule has 0 saturated carbocycles. The fraction of sp³-hybridized carbons (Fsp3) is 0.471. The van der Waals surface area contributed by atoms with Crippen LogP contribution in [-0.2, 0) is 14.4 Å². The predicted octanol–water partition coefficient (Wildman–Crippen LogP) is 1.17. The van der Waals surface area contributed by atoms with E-state index in [1.165, 1.54) is 4.90 Å². The first-order valence-corrected chi connectivity index (χ1v) is 7.74. The van der Waals surface area contributed by atoms with E-state index in [-0.39, 0.29) is 24.8 Å². The van der Waals surface area contributed by atoms with Crippen LogP contribution in [0.3, 0.4) is 0 Å². The van der Waals surface area contributed by atoms with Crippen molar-refractivity contribution >= 4 is 17.5 Å². The molecule has 0 spiro atoms. The number of nitrogens with one attached hydrogen (secondary N) is 1. The summed E-state index contributed by atoms with van der Waals surface area (Å²) in [6, 6.07) is 7.45. The molecule has 1 aromatic rings. The second kappa shape index (κ2) is 7.33. The summed E-state index contributed by atoms with van der Waals surface area (Å²) >= 11 is 0. The lowest BCUT2D eigenvalue weighted by atomic mass is 9.94. The van der Waals surface area contributed by atoms with Crippen molar-refractivity contribution < 1.29 is 19.2 Å². The summed E-state index contributed by atoms with van der Waals surface area (Å²) in [6.07, 6.45) is 0.579. The second-order valence-corrected chi connectivity index (χ2v) is 6.03. The smallest absolute Gasteiger partial charge is 0.267 e. The van der Waals surface area contributed by atoms with Crippen molar-refractivity contribution in [1.82, 2.24) is 10.2 Å². The van der Waals surface area contributed by atoms with Gasteiger partial charge in [0.2, 0.25) is 11.5 Å². The molecule has 7 heteroatoms. The molecule has 1 aliphatic heterocycles. The van der Waals surface area contributed by atoms with E-state index in [4.69, 9.17) is 9.57 Å². The van der Waals surface area contributed by atoms with Crippen LogP contribution in [0.1, 0.15) is 25.3 Å². The lowest BCUT2D eigenvalue weighted by molar-refractivity contribution is -0.141. The molecule has 24 heavy (non-hydrogen) atoms. The number of nitrogens with zero attached hydrogens (tertiary/aromatic N) is 2. The molecule has 0 fully saturated rings. The first kappa shape index (κ1) is 17.8. The maximum Gasteiger partial charge on any atom is 0.267 e. The third-order valence-corrected chi connectivity index (χ3v) is 3.88. The summed E-state index contributed by atoms with van der Waals surface area (Å²) in [5, 5.41) is 6.80. The van der Waals surface area contributed by atoms with Crippen LogP contribution >= 0.6 is 0 Å². The van der Waals surface area contributed by atoms with Crippen LogP contribution < -0.4 is 10.1 Å². The predicted molar refractivity (Wildman–Crippen MR) is 90.0 cm³/mol. The maximum atomic E-state index is 12.4. The highest BCUT2D eigenvalue weighted by Crippen LogP contribution is 2.30. The Kier molecular flexibility index (Phi) is 5.43. The number of ether oxygens (including phenoxy) is 1. The fourth-order valence-corrected chi connectivity index (χ4v) is 2.38. The standard InChI is InChI=1S/C17H23N3O4/c1-17(16(22)18-10-9-15(21)20(2)3)11-13(19-24-17)12-7-5-6-8-14(12)23-4/h5-8H,9-11H2,1-4H3,(H,18,22). The summed E-state index contributed by atoms with van der Waals surface area (Å²) in [4.78, 5) is 30.8. The molecule has 0 saturated heterocycles. The Labute approximate surface area is 141 Å². The van der Waals surface area contributed by atoms with Crippen molar-refractivity contribution in [1.29, 1.82) is 0 Å². The Morgan fingerprint density at radius 3 is 2.75 bits per heavy atom. The SMILES string of the molecule is COc1ccccc1C1=NOC(C)(C(=O)NCCC(=O)N(C)C)C1. The van der Waals surface area contributed by atoms with Crippen LogP contribution in [0.2, 0.25) is 0 Å². The molecule has 0 radical (unpaired) electrons. The number of benzene rings is 1. The van der Waals surface area contributed by atoms with Gasteiger partial charge in [-0.25, -0.2) is 0 Å². The van der Waals surface area contributed by atoms with Crippen molar-refractivity contribution in [3.05, 3.63) is 29.8 Å². The summed E-state index contributed by atoms with van der Waals surface area (Å²) in [5.74, 6) is 0.350. The van der Waals surface area contributed by atoms with Gasteiger partial charge in [-0.1, -0.05) is 17.3 Å². The van der Waals surface area contributed by atoms with Crippen molar-refractivity contribution in [3.8, 4) is 5.75 Å². The number of carbonyl (C=O) groups is 2. The molecule has 2 rings (SSSR count). The number of hydrogen-bond donors (Lipinski definition) is 1. The van der Waals surface area contributed by atoms with Crippen LogP contribution in [0.5, 0.6) is 5.75 Å². The molecule has 1 aliphatic rings. The van der Waals surface area contributed by atoms with Gasteiger partial charge in [0, 0.05) is 39.0 Å². The lowest BCUT2D eigenvalue weighted by Crippen LogP contribution is -2.45. The molecule has 1 aromatic carbocycles. The zero-order chi connectivity index (χ0) is 17.7. The van der Waals surface area contributed by atoms with E-state index in [1.54, 1.807) is 28.1 Å². The van der Waals surface area contributed by atoms with Crippen molar-refractivity contribution in [2.45, 2.75) is 25.4 Å². The van der Waals surface area contributed by atoms with Gasteiger partial charge in [0.1, 0.15) is 5.75 Å². The molecule has 7 nitrogen and oxygen atoms in total. The van der Waals surface area contributed by atoms with Crippen LogP contribution in [0, 0.1) is 0 Å². The van der Waals surface area contributed by atoms with E-state index in [0.717, 1.165) is 5.56 Å². The highest BCUT2D eigenvalue weighted by molar-refractivity contribution is 6.07. The van der Waals surface area contributed by atoms with Crippen LogP contribution in [-0.4, -0.2) is 55.8 Å². The Balaban J connectivity index is 1.96. The van der Waals surface area contributed by atoms with Gasteiger partial charge in [0.15, 0.2) is 0 Å². The minimum Gasteiger partial charge on any atom is -0.496 e. The lowest BCUT2D eigenvalue weighted by Gasteiger charge is -2.20. The molecular formula is C17H23N3O4. The number of oxime groups is 1. The van der Waals surface area contributed by atoms with E-state index in [2.05, 4.69) is 10.5 Å². The van der Waals surface area contributed by atoms with Crippen LogP contribution in [0.4, 0.5) is 0 Å². The highest BCUT2D eigenvalue weighted by atomic mass is 16.7. The Hall–Kier alpha value is -2.57. The first-order chi connectivity index (χ1) is 11.4. The topological polar surface area (TPSA) is 80.2 Å². The number of rotatable bonds is 6. The number of para-hydroxylation sites is 1. The van der Waals surface area contributed by atoms with Gasteiger partial charge >= 0.3 is 0 Å². The first-order valence-electron chi connectivity index (χ1n) is 7.74. The van der Waals surface area contributed by atoms with E-state index < -0.39 is 5.60 Å². The second-order valence-electron chi connectivity index (χ2n) is 6.03. The van der Waals surface area contributed by atoms with Crippen LogP contribution in [0.25, 0.3) is 0 Å². The summed E-state index contributed by atoms with van der Waals surface area (Å²) < 4.78 is 5.32. The largest absolute Gasteiger partial charge is 0.496 e. The van der Waals surface area contributed by atoms with Crippen molar-refractivity contribution in [2.75, 3.05) is 27.7 Å². The minimum absolute atomic E-state index is 0.0428. The quantitative estimate of drug-likeness (QED) is 0.847. The Morgan fingerprint density at radius 2 is 2.08 bits per heavy atom. The van der Waals surface area contributed by atoms with Gasteiger partial charge in [-0.15, -0.1) is 0 Å². The molecule has 0 aromatic heterocycles. The Bertz CT molecular complexity index is 657. The molecule has 130 valence electrons. The third kappa shape index (κ3) is 3.84. The molecule has 1 atom stereocenters. The summed E-state index contributed by atoms with van der Waals surface area (Å²) in [7, 11) is 4.95. The van der Waals surface area contributed by atoms with Gasteiger partial charge in [-0.3, -0.25) is 9.59 Å². The molecule has 0 aliphatic carbocycles. The van der Waals surface area contributed by atoms with Crippen LogP contribution in [0.15, 0.2) is 29.4 Å². The van der Waals surface area contributed by atoms with E-state index >= 15 is 0 Å². The number of amides is 2. The van der Waals surface area contributed by atoms with Gasteiger partial charge in [0.05, 0.1) is 12.8 Å². The van der Waals surface area contributed by atoms with E-state index in [1.807, 2.05) is 24.3 Å². The molecule has 2 amide bonds. The van der Waals surface area contributed by atoms with E-state index in [0.29, 0.717) is 17.9 Å². The zero-order valence-corrected chi connectivity index (χ0v) is 14.5. The van der Waals surface area contributed by atoms with Gasteiger partial charge < -0.3 is 19.8 Å². The monoisotopic (exact) mass is 333 g/mol. The van der Waals surface area contributed by atoms with Crippen molar-refractivity contribution in [3.63, 3.8) is 0 Å². The fourth-order valence-electron chi connectivity index (χ4n) is 2.38. The number of hydrogen-bond acceptors (Lipinski definition) is 5. The van der Waals surface area contributed by atoms with Crippen molar-refractivity contribution in [2.24, 2.45) is 5.16 Å². The summed E-state index contributed by atoms with van der Waals surface area (Å²) in [6.45, 7) is 1.95. The summed E-state index contributed by atoms with van der Waals surface area (Å²) in [5.41, 5.74) is 0.380. The minimum atomic E-state index is -1.09. The van der Waals surface area contributed by atoms with Gasteiger partial charge in [0.25, 0.3) is 5.91 Å². The molecule has 1 heterocycles. The number of methoxy groups -OCH3 is 1. The van der Waals surface area contributed by atoms with Gasteiger partial charge in [-0.2, -0.15) is 0 Å². The Morgan fingerprint density at radius 1 is 1.38 bits per heavy atom. The molecule has 1 N–H and O–H groups in total. The van der Waals surface area contributed by atoms with Gasteiger partial charge in [-0.05, 0) is 19.1 Å². The molecule has 1 unspecified atom stereocenters. The average Bonchev–Trinajstić information content (AvgIpc) is 2.98. The third-order valence-electron chi connectivity index (χ3n) is 3.88. The highest BCUT2D eigenvalue weighted by Gasteiger charge is 2.42. The molecule has 0 bridgehead atoms. The maximum absolute atomic E-state index is 12.4. The molecular weight excluding hydrogens is 310 g/mol. The van der Waals surface area contributed by atoms with E-state index in [9.17, 15) is 9.59 Å². The average molecular weight is 333 g/mol. The number of carbonyl (C=O) groups excluding carboxylic acids is 2. The zero-order valence-electron chi connectivity index (χ0n) is 14.5. The normalized spacial score (nSPS) is 19.2.